The summed E-state index contributed by atoms with van der Waals surface area (Å²) in [6, 6.07) is 3.03. The van der Waals surface area contributed by atoms with Gasteiger partial charge in [-0.2, -0.15) is 5.10 Å². The third-order valence-electron chi connectivity index (χ3n) is 2.21. The number of hydrogen-bond acceptors (Lipinski definition) is 6. The summed E-state index contributed by atoms with van der Waals surface area (Å²) >= 11 is 0. The Balaban J connectivity index is 2.09. The first-order valence-electron chi connectivity index (χ1n) is 5.11. The van der Waals surface area contributed by atoms with Gasteiger partial charge in [0.15, 0.2) is 0 Å². The summed E-state index contributed by atoms with van der Waals surface area (Å²) in [5.74, 6) is 0.435. The Labute approximate surface area is 104 Å². The third kappa shape index (κ3) is 2.88. The Morgan fingerprint density at radius 2 is 2.17 bits per heavy atom. The van der Waals surface area contributed by atoms with E-state index in [9.17, 15) is 8.42 Å². The first-order valence-corrected chi connectivity index (χ1v) is 6.59. The Morgan fingerprint density at radius 3 is 2.72 bits per heavy atom. The molecule has 0 fully saturated rings. The zero-order valence-electron chi connectivity index (χ0n) is 9.37. The van der Waals surface area contributed by atoms with Crippen molar-refractivity contribution >= 4 is 10.0 Å². The van der Waals surface area contributed by atoms with Crippen LogP contribution in [0.1, 0.15) is 11.5 Å². The number of H-pyrrole nitrogens is 1. The van der Waals surface area contributed by atoms with E-state index >= 15 is 0 Å². The Hall–Kier alpha value is -1.84. The molecule has 9 heteroatoms. The van der Waals surface area contributed by atoms with E-state index in [0.717, 1.165) is 0 Å². The monoisotopic (exact) mass is 268 g/mol. The van der Waals surface area contributed by atoms with Gasteiger partial charge in [0.2, 0.25) is 10.0 Å². The fourth-order valence-electron chi connectivity index (χ4n) is 1.25. The average Bonchev–Trinajstić information content (AvgIpc) is 2.90. The van der Waals surface area contributed by atoms with Crippen molar-refractivity contribution in [1.82, 2.24) is 24.9 Å². The minimum absolute atomic E-state index is 0.0426. The molecule has 2 aromatic rings. The SMILES string of the molecule is NCc1ccc(S(=O)(=O)NCc2ncn[nH]2)cn1. The van der Waals surface area contributed by atoms with E-state index < -0.39 is 10.0 Å². The lowest BCUT2D eigenvalue weighted by atomic mass is 10.4. The van der Waals surface area contributed by atoms with Crippen LogP contribution in [0.25, 0.3) is 0 Å². The zero-order chi connectivity index (χ0) is 13.0. The van der Waals surface area contributed by atoms with Gasteiger partial charge < -0.3 is 5.73 Å². The molecular formula is C9H12N6O2S. The van der Waals surface area contributed by atoms with Crippen molar-refractivity contribution in [2.45, 2.75) is 18.0 Å². The summed E-state index contributed by atoms with van der Waals surface area (Å²) in [7, 11) is -3.60. The summed E-state index contributed by atoms with van der Waals surface area (Å²) in [5.41, 5.74) is 6.01. The van der Waals surface area contributed by atoms with Gasteiger partial charge >= 0.3 is 0 Å². The second kappa shape index (κ2) is 5.21. The quantitative estimate of drug-likeness (QED) is 0.647. The first-order chi connectivity index (χ1) is 8.62. The summed E-state index contributed by atoms with van der Waals surface area (Å²) in [5, 5.41) is 6.18. The van der Waals surface area contributed by atoms with Crippen LogP contribution < -0.4 is 10.5 Å². The normalized spacial score (nSPS) is 11.6. The Kier molecular flexibility index (Phi) is 3.65. The second-order valence-corrected chi connectivity index (χ2v) is 5.21. The highest BCUT2D eigenvalue weighted by molar-refractivity contribution is 7.89. The third-order valence-corrected chi connectivity index (χ3v) is 3.60. The minimum atomic E-state index is -3.60. The number of pyridine rings is 1. The van der Waals surface area contributed by atoms with Crippen LogP contribution in [0, 0.1) is 0 Å². The van der Waals surface area contributed by atoms with Crippen molar-refractivity contribution in [3.8, 4) is 0 Å². The van der Waals surface area contributed by atoms with Crippen LogP contribution in [-0.4, -0.2) is 28.6 Å². The number of rotatable bonds is 5. The molecule has 0 aliphatic carbocycles. The maximum atomic E-state index is 11.9. The molecule has 0 saturated heterocycles. The molecule has 0 spiro atoms. The van der Waals surface area contributed by atoms with E-state index in [1.54, 1.807) is 6.07 Å². The fourth-order valence-corrected chi connectivity index (χ4v) is 2.19. The molecular weight excluding hydrogens is 256 g/mol. The molecule has 2 rings (SSSR count). The van der Waals surface area contributed by atoms with Gasteiger partial charge in [0.05, 0.1) is 12.2 Å². The van der Waals surface area contributed by atoms with Crippen LogP contribution in [0.3, 0.4) is 0 Å². The van der Waals surface area contributed by atoms with Gasteiger partial charge in [-0.05, 0) is 12.1 Å². The minimum Gasteiger partial charge on any atom is -0.325 e. The molecule has 0 amide bonds. The van der Waals surface area contributed by atoms with Gasteiger partial charge in [-0.1, -0.05) is 0 Å². The largest absolute Gasteiger partial charge is 0.325 e. The maximum absolute atomic E-state index is 11.9. The summed E-state index contributed by atoms with van der Waals surface area (Å²) in [6.07, 6.45) is 2.58. The van der Waals surface area contributed by atoms with Crippen molar-refractivity contribution < 1.29 is 8.42 Å². The van der Waals surface area contributed by atoms with Gasteiger partial charge in [0, 0.05) is 12.7 Å². The zero-order valence-corrected chi connectivity index (χ0v) is 10.2. The molecule has 0 saturated carbocycles. The highest BCUT2D eigenvalue weighted by Gasteiger charge is 2.14. The lowest BCUT2D eigenvalue weighted by Gasteiger charge is -2.05. The lowest BCUT2D eigenvalue weighted by molar-refractivity contribution is 0.579. The standard InChI is InChI=1S/C9H12N6O2S/c10-3-7-1-2-8(4-11-7)18(16,17)14-5-9-12-6-13-15-9/h1-2,4,6,14H,3,5,10H2,(H,12,13,15). The highest BCUT2D eigenvalue weighted by Crippen LogP contribution is 2.07. The van der Waals surface area contributed by atoms with Crippen molar-refractivity contribution in [2.75, 3.05) is 0 Å². The number of nitrogens with zero attached hydrogens (tertiary/aromatic N) is 3. The van der Waals surface area contributed by atoms with Crippen LogP contribution in [0.15, 0.2) is 29.6 Å². The lowest BCUT2D eigenvalue weighted by Crippen LogP contribution is -2.24. The second-order valence-electron chi connectivity index (χ2n) is 3.45. The summed E-state index contributed by atoms with van der Waals surface area (Å²) in [6.45, 7) is 0.312. The molecule has 0 aliphatic heterocycles. The van der Waals surface area contributed by atoms with Gasteiger partial charge in [-0.3, -0.25) is 10.1 Å². The van der Waals surface area contributed by atoms with E-state index in [-0.39, 0.29) is 18.0 Å². The molecule has 0 atom stereocenters. The molecule has 96 valence electrons. The van der Waals surface area contributed by atoms with Crippen LogP contribution in [0.5, 0.6) is 0 Å². The van der Waals surface area contributed by atoms with E-state index in [4.69, 9.17) is 5.73 Å². The van der Waals surface area contributed by atoms with E-state index in [1.165, 1.54) is 18.6 Å². The molecule has 0 aromatic carbocycles. The number of aromatic amines is 1. The maximum Gasteiger partial charge on any atom is 0.242 e. The molecule has 0 radical (unpaired) electrons. The molecule has 8 nitrogen and oxygen atoms in total. The van der Waals surface area contributed by atoms with E-state index in [2.05, 4.69) is 24.9 Å². The number of nitrogens with one attached hydrogen (secondary N) is 2. The smallest absolute Gasteiger partial charge is 0.242 e. The Bertz CT molecular complexity index is 592. The molecule has 0 aliphatic rings. The van der Waals surface area contributed by atoms with Crippen LogP contribution >= 0.6 is 0 Å². The number of nitrogens with two attached hydrogens (primary N) is 1. The van der Waals surface area contributed by atoms with Gasteiger partial charge in [-0.15, -0.1) is 0 Å². The number of aromatic nitrogens is 4. The van der Waals surface area contributed by atoms with Crippen molar-refractivity contribution in [1.29, 1.82) is 0 Å². The molecule has 2 heterocycles. The van der Waals surface area contributed by atoms with Crippen LogP contribution in [0.4, 0.5) is 0 Å². The number of hydrogen-bond donors (Lipinski definition) is 3. The van der Waals surface area contributed by atoms with E-state index in [1.807, 2.05) is 0 Å². The predicted molar refractivity (Wildman–Crippen MR) is 62.5 cm³/mol. The Morgan fingerprint density at radius 1 is 1.33 bits per heavy atom. The first kappa shape index (κ1) is 12.6. The molecule has 0 bridgehead atoms. The van der Waals surface area contributed by atoms with Crippen LogP contribution in [-0.2, 0) is 23.1 Å². The topological polar surface area (TPSA) is 127 Å². The highest BCUT2D eigenvalue weighted by atomic mass is 32.2. The van der Waals surface area contributed by atoms with Gasteiger partial charge in [0.25, 0.3) is 0 Å². The fraction of sp³-hybridized carbons (Fsp3) is 0.222. The van der Waals surface area contributed by atoms with Gasteiger partial charge in [-0.25, -0.2) is 18.1 Å². The summed E-state index contributed by atoms with van der Waals surface area (Å²) in [4.78, 5) is 7.83. The molecule has 2 aromatic heterocycles. The number of sulfonamides is 1. The molecule has 4 N–H and O–H groups in total. The van der Waals surface area contributed by atoms with Crippen molar-refractivity contribution in [3.05, 3.63) is 36.2 Å². The molecule has 18 heavy (non-hydrogen) atoms. The average molecular weight is 268 g/mol. The predicted octanol–water partition coefficient (Wildman–Crippen LogP) is -0.863. The van der Waals surface area contributed by atoms with E-state index in [0.29, 0.717) is 11.5 Å². The van der Waals surface area contributed by atoms with Crippen LogP contribution in [0.2, 0.25) is 0 Å². The van der Waals surface area contributed by atoms with Crippen molar-refractivity contribution in [3.63, 3.8) is 0 Å². The van der Waals surface area contributed by atoms with Gasteiger partial charge in [0.1, 0.15) is 17.0 Å². The van der Waals surface area contributed by atoms with Crippen molar-refractivity contribution in [2.24, 2.45) is 5.73 Å². The summed E-state index contributed by atoms with van der Waals surface area (Å²) < 4.78 is 26.1. The molecule has 0 unspecified atom stereocenters.